The van der Waals surface area contributed by atoms with E-state index in [1.165, 1.54) is 11.8 Å². The first-order valence-electron chi connectivity index (χ1n) is 6.35. The average molecular weight is 284 g/mol. The summed E-state index contributed by atoms with van der Waals surface area (Å²) in [7, 11) is 0. The molecule has 1 heterocycles. The van der Waals surface area contributed by atoms with Gasteiger partial charge in [-0.25, -0.2) is 4.98 Å². The van der Waals surface area contributed by atoms with Crippen LogP contribution in [0.3, 0.4) is 0 Å². The highest BCUT2D eigenvalue weighted by Gasteiger charge is 2.02. The van der Waals surface area contributed by atoms with Gasteiger partial charge in [0.1, 0.15) is 5.84 Å². The number of unbranched alkanes of at least 4 members (excludes halogenated alkanes) is 1. The molecule has 106 valence electrons. The van der Waals surface area contributed by atoms with Gasteiger partial charge in [0.2, 0.25) is 0 Å². The fraction of sp³-hybridized carbons (Fsp3) is 0.583. The number of H-pyrrole nitrogens is 1. The minimum Gasteiger partial charge on any atom is -0.409 e. The zero-order valence-corrected chi connectivity index (χ0v) is 11.9. The van der Waals surface area contributed by atoms with E-state index in [4.69, 9.17) is 10.9 Å². The largest absolute Gasteiger partial charge is 0.409 e. The molecule has 0 aliphatic heterocycles. The van der Waals surface area contributed by atoms with Crippen LogP contribution >= 0.6 is 11.8 Å². The summed E-state index contributed by atoms with van der Waals surface area (Å²) in [6.45, 7) is 2.06. The molecule has 19 heavy (non-hydrogen) atoms. The van der Waals surface area contributed by atoms with Crippen molar-refractivity contribution in [2.24, 2.45) is 10.9 Å². The second-order valence-corrected chi connectivity index (χ2v) is 5.27. The number of thioether (sulfide) groups is 1. The summed E-state index contributed by atoms with van der Waals surface area (Å²) >= 11 is 1.52. The predicted molar refractivity (Wildman–Crippen MR) is 76.8 cm³/mol. The molecule has 0 spiro atoms. The number of amidine groups is 1. The van der Waals surface area contributed by atoms with Gasteiger partial charge in [0.15, 0.2) is 5.16 Å². The Balaban J connectivity index is 2.38. The van der Waals surface area contributed by atoms with Gasteiger partial charge in [-0.05, 0) is 19.3 Å². The normalized spacial score (nSPS) is 11.7. The van der Waals surface area contributed by atoms with E-state index in [-0.39, 0.29) is 11.4 Å². The van der Waals surface area contributed by atoms with E-state index in [0.717, 1.165) is 37.1 Å². The molecule has 1 aromatic heterocycles. The van der Waals surface area contributed by atoms with E-state index in [9.17, 15) is 4.79 Å². The molecule has 6 nitrogen and oxygen atoms in total. The second kappa shape index (κ2) is 8.58. The molecule has 0 saturated heterocycles. The minimum absolute atomic E-state index is 0.0994. The maximum Gasteiger partial charge on any atom is 0.251 e. The smallest absolute Gasteiger partial charge is 0.251 e. The number of nitrogens with one attached hydrogen (secondary N) is 1. The quantitative estimate of drug-likeness (QED) is 0.128. The number of aryl methyl sites for hydroxylation is 1. The third-order valence-corrected chi connectivity index (χ3v) is 3.43. The third kappa shape index (κ3) is 6.28. The summed E-state index contributed by atoms with van der Waals surface area (Å²) in [5.74, 6) is 1.10. The van der Waals surface area contributed by atoms with Gasteiger partial charge in [0.05, 0.1) is 0 Å². The molecule has 0 unspecified atom stereocenters. The molecule has 0 atom stereocenters. The minimum atomic E-state index is -0.0994. The Hall–Kier alpha value is -1.50. The fourth-order valence-electron chi connectivity index (χ4n) is 1.56. The Morgan fingerprint density at radius 1 is 1.58 bits per heavy atom. The number of aromatic amines is 1. The standard InChI is InChI=1S/C12H20N4O2S/c1-2-5-9-8-11(17)15-12(14-9)19-7-4-3-6-10(13)16-18/h8,18H,2-7H2,1H3,(H2,13,16)(H,14,15,17). The number of hydrogen-bond donors (Lipinski definition) is 3. The van der Waals surface area contributed by atoms with Gasteiger partial charge in [0, 0.05) is 23.9 Å². The van der Waals surface area contributed by atoms with E-state index < -0.39 is 0 Å². The molecule has 0 aliphatic rings. The summed E-state index contributed by atoms with van der Waals surface area (Å²) in [6, 6.07) is 1.55. The first-order valence-corrected chi connectivity index (χ1v) is 7.33. The fourth-order valence-corrected chi connectivity index (χ4v) is 2.46. The van der Waals surface area contributed by atoms with Crippen LogP contribution in [0, 0.1) is 0 Å². The second-order valence-electron chi connectivity index (χ2n) is 4.19. The number of hydrogen-bond acceptors (Lipinski definition) is 5. The summed E-state index contributed by atoms with van der Waals surface area (Å²) in [6.07, 6.45) is 4.14. The number of oxime groups is 1. The number of nitrogens with zero attached hydrogens (tertiary/aromatic N) is 2. The number of rotatable bonds is 8. The highest BCUT2D eigenvalue weighted by molar-refractivity contribution is 7.99. The van der Waals surface area contributed by atoms with Gasteiger partial charge < -0.3 is 15.9 Å². The summed E-state index contributed by atoms with van der Waals surface area (Å²) in [5.41, 5.74) is 6.11. The van der Waals surface area contributed by atoms with Gasteiger partial charge >= 0.3 is 0 Å². The Morgan fingerprint density at radius 2 is 2.37 bits per heavy atom. The van der Waals surface area contributed by atoms with E-state index in [1.807, 2.05) is 0 Å². The molecule has 4 N–H and O–H groups in total. The van der Waals surface area contributed by atoms with Crippen LogP contribution in [-0.4, -0.2) is 26.8 Å². The number of nitrogens with two attached hydrogens (primary N) is 1. The third-order valence-electron chi connectivity index (χ3n) is 2.47. The van der Waals surface area contributed by atoms with Crippen molar-refractivity contribution in [1.82, 2.24) is 9.97 Å². The molecule has 0 aromatic carbocycles. The van der Waals surface area contributed by atoms with Gasteiger partial charge in [0.25, 0.3) is 5.56 Å². The zero-order chi connectivity index (χ0) is 14.1. The Bertz CT molecular complexity index is 473. The van der Waals surface area contributed by atoms with Crippen LogP contribution in [-0.2, 0) is 6.42 Å². The highest BCUT2D eigenvalue weighted by Crippen LogP contribution is 2.14. The van der Waals surface area contributed by atoms with Crippen molar-refractivity contribution in [1.29, 1.82) is 0 Å². The van der Waals surface area contributed by atoms with Crippen molar-refractivity contribution >= 4 is 17.6 Å². The maximum atomic E-state index is 11.4. The summed E-state index contributed by atoms with van der Waals surface area (Å²) < 4.78 is 0. The molecule has 0 aliphatic carbocycles. The molecule has 0 amide bonds. The van der Waals surface area contributed by atoms with E-state index in [0.29, 0.717) is 11.6 Å². The first kappa shape index (κ1) is 15.6. The highest BCUT2D eigenvalue weighted by atomic mass is 32.2. The first-order chi connectivity index (χ1) is 9.15. The lowest BCUT2D eigenvalue weighted by molar-refractivity contribution is 0.316. The SMILES string of the molecule is CCCc1cc(=O)[nH]c(SCCCC/C(N)=N/O)n1. The van der Waals surface area contributed by atoms with E-state index >= 15 is 0 Å². The molecule has 0 saturated carbocycles. The molecular formula is C12H20N4O2S. The predicted octanol–water partition coefficient (Wildman–Crippen LogP) is 1.73. The summed E-state index contributed by atoms with van der Waals surface area (Å²) in [5, 5.41) is 12.0. The van der Waals surface area contributed by atoms with E-state index in [2.05, 4.69) is 22.0 Å². The van der Waals surface area contributed by atoms with E-state index in [1.54, 1.807) is 6.07 Å². The van der Waals surface area contributed by atoms with Gasteiger partial charge in [-0.3, -0.25) is 4.79 Å². The molecule has 1 aromatic rings. The Labute approximate surface area is 116 Å². The zero-order valence-electron chi connectivity index (χ0n) is 11.1. The Kier molecular flexibility index (Phi) is 7.02. The molecule has 0 radical (unpaired) electrons. The molecule has 7 heteroatoms. The molecule has 1 rings (SSSR count). The van der Waals surface area contributed by atoms with Crippen molar-refractivity contribution in [2.45, 2.75) is 44.2 Å². The summed E-state index contributed by atoms with van der Waals surface area (Å²) in [4.78, 5) is 18.6. The topological polar surface area (TPSA) is 104 Å². The average Bonchev–Trinajstić information content (AvgIpc) is 2.37. The van der Waals surface area contributed by atoms with Gasteiger partial charge in [-0.2, -0.15) is 0 Å². The van der Waals surface area contributed by atoms with Crippen LogP contribution < -0.4 is 11.3 Å². The van der Waals surface area contributed by atoms with Crippen molar-refractivity contribution < 1.29 is 5.21 Å². The van der Waals surface area contributed by atoms with Crippen molar-refractivity contribution in [3.05, 3.63) is 22.1 Å². The molecular weight excluding hydrogens is 264 g/mol. The van der Waals surface area contributed by atoms with Crippen LogP contribution in [0.1, 0.15) is 38.3 Å². The molecule has 0 fully saturated rings. The number of aromatic nitrogens is 2. The van der Waals surface area contributed by atoms with Crippen LogP contribution in [0.2, 0.25) is 0 Å². The van der Waals surface area contributed by atoms with Crippen molar-refractivity contribution in [3.63, 3.8) is 0 Å². The maximum absolute atomic E-state index is 11.4. The Morgan fingerprint density at radius 3 is 3.05 bits per heavy atom. The van der Waals surface area contributed by atoms with Crippen LogP contribution in [0.15, 0.2) is 21.2 Å². The van der Waals surface area contributed by atoms with Crippen LogP contribution in [0.4, 0.5) is 0 Å². The van der Waals surface area contributed by atoms with Crippen LogP contribution in [0.25, 0.3) is 0 Å². The van der Waals surface area contributed by atoms with Crippen LogP contribution in [0.5, 0.6) is 0 Å². The lowest BCUT2D eigenvalue weighted by atomic mass is 10.2. The van der Waals surface area contributed by atoms with Crippen molar-refractivity contribution in [2.75, 3.05) is 5.75 Å². The molecule has 0 bridgehead atoms. The van der Waals surface area contributed by atoms with Crippen molar-refractivity contribution in [3.8, 4) is 0 Å². The lowest BCUT2D eigenvalue weighted by Crippen LogP contribution is -2.11. The van der Waals surface area contributed by atoms with Gasteiger partial charge in [-0.15, -0.1) is 0 Å². The monoisotopic (exact) mass is 284 g/mol. The van der Waals surface area contributed by atoms with Gasteiger partial charge in [-0.1, -0.05) is 30.3 Å². The lowest BCUT2D eigenvalue weighted by Gasteiger charge is -2.03.